The van der Waals surface area contributed by atoms with Crippen molar-refractivity contribution < 1.29 is 79.5 Å². The van der Waals surface area contributed by atoms with Gasteiger partial charge in [0, 0.05) is 17.7 Å². The quantitative estimate of drug-likeness (QED) is 0.124. The highest BCUT2D eigenvalue weighted by Gasteiger charge is 2.46. The minimum absolute atomic E-state index is 0.0925. The Morgan fingerprint density at radius 1 is 0.682 bits per heavy atom. The van der Waals surface area contributed by atoms with Crippen LogP contribution in [0, 0.1) is 0 Å². The lowest BCUT2D eigenvalue weighted by atomic mass is 9.99. The van der Waals surface area contributed by atoms with E-state index in [-0.39, 0.29) is 16.9 Å². The second-order valence-electron chi connectivity index (χ2n) is 10.2. The van der Waals surface area contributed by atoms with Gasteiger partial charge in [-0.1, -0.05) is 0 Å². The fourth-order valence-corrected chi connectivity index (χ4v) is 4.89. The third-order valence-electron chi connectivity index (χ3n) is 7.31. The fraction of sp³-hybridized carbons (Fsp3) is 0.444. The van der Waals surface area contributed by atoms with Gasteiger partial charge < -0.3 is 79.5 Å². The molecule has 0 unspecified atom stereocenters. The number of aliphatic hydroxyl groups excluding tert-OH is 8. The summed E-state index contributed by atoms with van der Waals surface area (Å²) in [5.74, 6) is -3.31. The summed E-state index contributed by atoms with van der Waals surface area (Å²) < 4.78 is 27.4. The van der Waals surface area contributed by atoms with Crippen LogP contribution in [-0.4, -0.2) is 131 Å². The largest absolute Gasteiger partial charge is 0.508 e. The number of benzene rings is 2. The molecule has 2 saturated heterocycles. The number of phenolic OH excluding ortho intramolecular Hbond substituents is 3. The van der Waals surface area contributed by atoms with Crippen LogP contribution in [0.25, 0.3) is 22.3 Å². The molecular weight excluding hydrogens is 596 g/mol. The Balaban J connectivity index is 1.55. The predicted molar refractivity (Wildman–Crippen MR) is 142 cm³/mol. The number of ether oxygens (including phenoxy) is 4. The van der Waals surface area contributed by atoms with Crippen molar-refractivity contribution in [3.63, 3.8) is 0 Å². The molecule has 2 fully saturated rings. The molecule has 10 atom stereocenters. The highest BCUT2D eigenvalue weighted by molar-refractivity contribution is 5.88. The predicted octanol–water partition coefficient (Wildman–Crippen LogP) is -3.07. The van der Waals surface area contributed by atoms with Crippen molar-refractivity contribution in [3.8, 4) is 40.1 Å². The first-order valence-corrected chi connectivity index (χ1v) is 13.2. The zero-order valence-electron chi connectivity index (χ0n) is 22.4. The van der Waals surface area contributed by atoms with E-state index in [4.69, 9.17) is 23.4 Å². The minimum atomic E-state index is -1.94. The maximum absolute atomic E-state index is 13.6. The van der Waals surface area contributed by atoms with Crippen LogP contribution in [0.3, 0.4) is 0 Å². The summed E-state index contributed by atoms with van der Waals surface area (Å²) >= 11 is 0. The first-order chi connectivity index (χ1) is 20.9. The summed E-state index contributed by atoms with van der Waals surface area (Å²) in [4.78, 5) is 13.6. The Morgan fingerprint density at radius 2 is 1.25 bits per heavy atom. The molecule has 0 amide bonds. The van der Waals surface area contributed by atoms with Gasteiger partial charge in [0.05, 0.1) is 13.2 Å². The van der Waals surface area contributed by atoms with Crippen molar-refractivity contribution in [1.29, 1.82) is 0 Å². The summed E-state index contributed by atoms with van der Waals surface area (Å²) in [5, 5.41) is 110. The van der Waals surface area contributed by atoms with Gasteiger partial charge in [0.25, 0.3) is 0 Å². The van der Waals surface area contributed by atoms with Gasteiger partial charge in [-0.2, -0.15) is 0 Å². The molecule has 0 bridgehead atoms. The Bertz CT molecular complexity index is 1550. The molecule has 11 N–H and O–H groups in total. The van der Waals surface area contributed by atoms with Crippen LogP contribution in [0.4, 0.5) is 0 Å². The molecule has 3 aromatic rings. The molecule has 0 spiro atoms. The van der Waals surface area contributed by atoms with Crippen molar-refractivity contribution in [2.45, 2.75) is 61.4 Å². The molecule has 5 rings (SSSR count). The first-order valence-electron chi connectivity index (χ1n) is 13.2. The Labute approximate surface area is 246 Å². The second-order valence-corrected chi connectivity index (χ2v) is 10.2. The maximum atomic E-state index is 13.6. The Kier molecular flexibility index (Phi) is 8.87. The van der Waals surface area contributed by atoms with Crippen molar-refractivity contribution in [2.24, 2.45) is 0 Å². The molecule has 17 heteroatoms. The monoisotopic (exact) mass is 626 g/mol. The lowest BCUT2D eigenvalue weighted by molar-refractivity contribution is -0.277. The molecule has 0 aliphatic carbocycles. The average molecular weight is 627 g/mol. The second kappa shape index (κ2) is 12.3. The number of fused-ring (bicyclic) bond motifs is 1. The summed E-state index contributed by atoms with van der Waals surface area (Å²) in [6.45, 7) is -1.52. The minimum Gasteiger partial charge on any atom is -0.508 e. The standard InChI is InChI=1S/C27H30O17/c28-6-14-17(33)20(36)22(38)26(42-14)41-12-2-1-8(3-10(12)31)24-25(19(35)16-11(32)4-9(30)5-13(16)40-24)44-27-23(39)21(37)18(34)15(7-29)43-27/h1-5,14-15,17-18,20-23,26-34,36-39H,6-7H2/t14-,15-,17-,18+,20+,21+,22-,23-,26-,27+/m1/s1. The molecule has 17 nitrogen and oxygen atoms in total. The molecule has 44 heavy (non-hydrogen) atoms. The van der Waals surface area contributed by atoms with E-state index in [1.165, 1.54) is 6.07 Å². The highest BCUT2D eigenvalue weighted by atomic mass is 16.7. The molecule has 0 saturated carbocycles. The third kappa shape index (κ3) is 5.61. The molecule has 2 aliphatic rings. The summed E-state index contributed by atoms with van der Waals surface area (Å²) in [6.07, 6.45) is -16.9. The van der Waals surface area contributed by atoms with Crippen LogP contribution < -0.4 is 14.9 Å². The van der Waals surface area contributed by atoms with E-state index in [0.717, 1.165) is 24.3 Å². The van der Waals surface area contributed by atoms with E-state index in [9.17, 15) is 61.0 Å². The Hall–Kier alpha value is -3.75. The average Bonchev–Trinajstić information content (AvgIpc) is 2.99. The Morgan fingerprint density at radius 3 is 1.80 bits per heavy atom. The topological polar surface area (TPSA) is 290 Å². The normalized spacial score (nSPS) is 32.5. The van der Waals surface area contributed by atoms with Gasteiger partial charge in [-0.25, -0.2) is 0 Å². The zero-order chi connectivity index (χ0) is 32.0. The van der Waals surface area contributed by atoms with E-state index in [1.54, 1.807) is 0 Å². The van der Waals surface area contributed by atoms with Gasteiger partial charge in [-0.15, -0.1) is 0 Å². The van der Waals surface area contributed by atoms with Crippen LogP contribution in [-0.2, 0) is 9.47 Å². The lowest BCUT2D eigenvalue weighted by Crippen LogP contribution is -2.60. The zero-order valence-corrected chi connectivity index (χ0v) is 22.4. The van der Waals surface area contributed by atoms with Gasteiger partial charge in [-0.05, 0) is 18.2 Å². The van der Waals surface area contributed by atoms with Gasteiger partial charge in [0.1, 0.15) is 71.3 Å². The van der Waals surface area contributed by atoms with Crippen LogP contribution in [0.2, 0.25) is 0 Å². The van der Waals surface area contributed by atoms with Gasteiger partial charge >= 0.3 is 0 Å². The van der Waals surface area contributed by atoms with Crippen LogP contribution >= 0.6 is 0 Å². The van der Waals surface area contributed by atoms with Crippen LogP contribution in [0.5, 0.6) is 28.7 Å². The molecular formula is C27H30O17. The number of aliphatic hydroxyl groups is 8. The molecule has 2 aromatic carbocycles. The van der Waals surface area contributed by atoms with Crippen molar-refractivity contribution in [3.05, 3.63) is 40.6 Å². The van der Waals surface area contributed by atoms with Gasteiger partial charge in [0.15, 0.2) is 17.3 Å². The van der Waals surface area contributed by atoms with E-state index in [0.29, 0.717) is 0 Å². The van der Waals surface area contributed by atoms with Crippen molar-refractivity contribution in [2.75, 3.05) is 13.2 Å². The SMILES string of the molecule is O=c1c(O[C@@H]2O[C@H](CO)[C@H](O)[C@H](O)[C@H]2O)c(-c2ccc(O[C@@H]3O[C@H](CO)[C@@H](O)[C@H](O)[C@H]3O)c(O)c2)oc2cc(O)cc(O)c12. The first kappa shape index (κ1) is 31.7. The van der Waals surface area contributed by atoms with Gasteiger partial charge in [0.2, 0.25) is 23.8 Å². The van der Waals surface area contributed by atoms with E-state index in [2.05, 4.69) is 0 Å². The van der Waals surface area contributed by atoms with Gasteiger partial charge in [-0.3, -0.25) is 4.79 Å². The maximum Gasteiger partial charge on any atom is 0.239 e. The molecule has 240 valence electrons. The fourth-order valence-electron chi connectivity index (χ4n) is 4.89. The summed E-state index contributed by atoms with van der Waals surface area (Å²) in [6, 6.07) is 5.23. The van der Waals surface area contributed by atoms with E-state index >= 15 is 0 Å². The van der Waals surface area contributed by atoms with E-state index < -0.39 is 114 Å². The van der Waals surface area contributed by atoms with E-state index in [1.807, 2.05) is 0 Å². The number of hydrogen-bond donors (Lipinski definition) is 11. The number of phenols is 3. The molecule has 2 aliphatic heterocycles. The summed E-state index contributed by atoms with van der Waals surface area (Å²) in [7, 11) is 0. The molecule has 1 aromatic heterocycles. The molecule has 3 heterocycles. The van der Waals surface area contributed by atoms with Crippen LogP contribution in [0.1, 0.15) is 0 Å². The van der Waals surface area contributed by atoms with Crippen molar-refractivity contribution >= 4 is 11.0 Å². The number of rotatable bonds is 7. The smallest absolute Gasteiger partial charge is 0.239 e. The number of aromatic hydroxyl groups is 3. The number of hydrogen-bond acceptors (Lipinski definition) is 17. The van der Waals surface area contributed by atoms with Crippen LogP contribution in [0.15, 0.2) is 39.5 Å². The molecule has 0 radical (unpaired) electrons. The highest BCUT2D eigenvalue weighted by Crippen LogP contribution is 2.40. The summed E-state index contributed by atoms with van der Waals surface area (Å²) in [5.41, 5.74) is -1.47. The van der Waals surface area contributed by atoms with Crippen molar-refractivity contribution in [1.82, 2.24) is 0 Å². The lowest BCUT2D eigenvalue weighted by Gasteiger charge is -2.39. The third-order valence-corrected chi connectivity index (χ3v) is 7.31.